The molecule has 0 bridgehead atoms. The fraction of sp³-hybridized carbons (Fsp3) is 0.571. The molecular formula is C14H23NO. The molecule has 0 aromatic heterocycles. The Kier molecular flexibility index (Phi) is 5.94. The van der Waals surface area contributed by atoms with Gasteiger partial charge in [0.15, 0.2) is 0 Å². The van der Waals surface area contributed by atoms with E-state index in [1.54, 1.807) is 7.11 Å². The molecule has 0 atom stereocenters. The zero-order valence-corrected chi connectivity index (χ0v) is 10.7. The van der Waals surface area contributed by atoms with Gasteiger partial charge in [-0.05, 0) is 50.2 Å². The second kappa shape index (κ2) is 7.29. The van der Waals surface area contributed by atoms with Crippen molar-refractivity contribution < 1.29 is 4.74 Å². The number of benzene rings is 1. The molecule has 1 aromatic carbocycles. The molecule has 2 heteroatoms. The third kappa shape index (κ3) is 4.23. The van der Waals surface area contributed by atoms with Gasteiger partial charge >= 0.3 is 0 Å². The summed E-state index contributed by atoms with van der Waals surface area (Å²) in [5.41, 5.74) is 1.37. The van der Waals surface area contributed by atoms with Crippen molar-refractivity contribution in [3.63, 3.8) is 0 Å². The first-order chi connectivity index (χ1) is 7.80. The van der Waals surface area contributed by atoms with E-state index in [0.717, 1.165) is 25.3 Å². The predicted molar refractivity (Wildman–Crippen MR) is 69.1 cm³/mol. The van der Waals surface area contributed by atoms with Gasteiger partial charge in [-0.15, -0.1) is 0 Å². The summed E-state index contributed by atoms with van der Waals surface area (Å²) in [4.78, 5) is 2.46. The van der Waals surface area contributed by atoms with Crippen LogP contribution in [0.5, 0.6) is 5.75 Å². The van der Waals surface area contributed by atoms with Crippen molar-refractivity contribution in [3.8, 4) is 5.75 Å². The summed E-state index contributed by atoms with van der Waals surface area (Å²) in [5, 5.41) is 0. The highest BCUT2D eigenvalue weighted by Gasteiger charge is 2.00. The van der Waals surface area contributed by atoms with Crippen LogP contribution in [0.4, 0.5) is 0 Å². The van der Waals surface area contributed by atoms with Gasteiger partial charge in [-0.3, -0.25) is 0 Å². The van der Waals surface area contributed by atoms with Crippen molar-refractivity contribution in [2.75, 3.05) is 26.7 Å². The molecule has 0 aliphatic heterocycles. The molecular weight excluding hydrogens is 198 g/mol. The van der Waals surface area contributed by atoms with Crippen LogP contribution >= 0.6 is 0 Å². The fourth-order valence-electron chi connectivity index (χ4n) is 1.87. The van der Waals surface area contributed by atoms with Crippen LogP contribution in [0.2, 0.25) is 0 Å². The van der Waals surface area contributed by atoms with Crippen molar-refractivity contribution >= 4 is 0 Å². The van der Waals surface area contributed by atoms with Crippen molar-refractivity contribution in [1.29, 1.82) is 0 Å². The highest BCUT2D eigenvalue weighted by molar-refractivity contribution is 5.28. The highest BCUT2D eigenvalue weighted by atomic mass is 16.5. The number of hydrogen-bond donors (Lipinski definition) is 0. The molecule has 0 aliphatic carbocycles. The third-order valence-electron chi connectivity index (χ3n) is 2.97. The Bertz CT molecular complexity index is 295. The Morgan fingerprint density at radius 3 is 2.56 bits per heavy atom. The summed E-state index contributed by atoms with van der Waals surface area (Å²) >= 11 is 0. The number of ether oxygens (including phenoxy) is 1. The van der Waals surface area contributed by atoms with Crippen LogP contribution in [-0.4, -0.2) is 31.6 Å². The van der Waals surface area contributed by atoms with E-state index in [4.69, 9.17) is 4.74 Å². The van der Waals surface area contributed by atoms with E-state index in [2.05, 4.69) is 36.9 Å². The van der Waals surface area contributed by atoms with E-state index in [1.807, 2.05) is 6.07 Å². The van der Waals surface area contributed by atoms with Gasteiger partial charge < -0.3 is 9.64 Å². The third-order valence-corrected chi connectivity index (χ3v) is 2.97. The highest BCUT2D eigenvalue weighted by Crippen LogP contribution is 2.13. The average molecular weight is 221 g/mol. The van der Waals surface area contributed by atoms with E-state index in [9.17, 15) is 0 Å². The summed E-state index contributed by atoms with van der Waals surface area (Å²) in [5.74, 6) is 0.959. The standard InChI is InChI=1S/C14H23NO/c1-4-15(5-2)11-7-9-13-8-6-10-14(12-13)16-3/h6,8,10,12H,4-5,7,9,11H2,1-3H3. The number of hydrogen-bond acceptors (Lipinski definition) is 2. The molecule has 0 saturated carbocycles. The molecule has 0 N–H and O–H groups in total. The zero-order valence-electron chi connectivity index (χ0n) is 10.7. The van der Waals surface area contributed by atoms with Crippen molar-refractivity contribution in [1.82, 2.24) is 4.90 Å². The van der Waals surface area contributed by atoms with Crippen molar-refractivity contribution in [3.05, 3.63) is 29.8 Å². The van der Waals surface area contributed by atoms with Crippen LogP contribution in [0, 0.1) is 0 Å². The molecule has 0 unspecified atom stereocenters. The van der Waals surface area contributed by atoms with Crippen molar-refractivity contribution in [2.24, 2.45) is 0 Å². The lowest BCUT2D eigenvalue weighted by atomic mass is 10.1. The minimum Gasteiger partial charge on any atom is -0.497 e. The molecule has 0 spiro atoms. The van der Waals surface area contributed by atoms with E-state index in [-0.39, 0.29) is 0 Å². The maximum atomic E-state index is 5.21. The fourth-order valence-corrected chi connectivity index (χ4v) is 1.87. The van der Waals surface area contributed by atoms with Crippen LogP contribution in [0.15, 0.2) is 24.3 Å². The average Bonchev–Trinajstić information content (AvgIpc) is 2.35. The zero-order chi connectivity index (χ0) is 11.8. The van der Waals surface area contributed by atoms with E-state index in [0.29, 0.717) is 0 Å². The Hall–Kier alpha value is -1.02. The van der Waals surface area contributed by atoms with Gasteiger partial charge in [0.25, 0.3) is 0 Å². The lowest BCUT2D eigenvalue weighted by Crippen LogP contribution is -2.24. The molecule has 0 saturated heterocycles. The molecule has 1 rings (SSSR count). The molecule has 0 amide bonds. The minimum atomic E-state index is 0.959. The maximum Gasteiger partial charge on any atom is 0.119 e. The first kappa shape index (κ1) is 13.0. The number of rotatable bonds is 7. The van der Waals surface area contributed by atoms with Crippen LogP contribution in [0.1, 0.15) is 25.8 Å². The number of methoxy groups -OCH3 is 1. The lowest BCUT2D eigenvalue weighted by Gasteiger charge is -2.17. The molecule has 16 heavy (non-hydrogen) atoms. The smallest absolute Gasteiger partial charge is 0.119 e. The monoisotopic (exact) mass is 221 g/mol. The van der Waals surface area contributed by atoms with Gasteiger partial charge in [0.2, 0.25) is 0 Å². The largest absolute Gasteiger partial charge is 0.497 e. The Morgan fingerprint density at radius 1 is 1.19 bits per heavy atom. The number of aryl methyl sites for hydroxylation is 1. The summed E-state index contributed by atoms with van der Waals surface area (Å²) < 4.78 is 5.21. The van der Waals surface area contributed by atoms with Gasteiger partial charge in [0.1, 0.15) is 5.75 Å². The van der Waals surface area contributed by atoms with Gasteiger partial charge in [-0.1, -0.05) is 26.0 Å². The predicted octanol–water partition coefficient (Wildman–Crippen LogP) is 2.97. The van der Waals surface area contributed by atoms with Crippen LogP contribution in [0.25, 0.3) is 0 Å². The minimum absolute atomic E-state index is 0.959. The summed E-state index contributed by atoms with van der Waals surface area (Å²) in [7, 11) is 1.72. The summed E-state index contributed by atoms with van der Waals surface area (Å²) in [6.45, 7) is 7.91. The summed E-state index contributed by atoms with van der Waals surface area (Å²) in [6, 6.07) is 8.35. The van der Waals surface area contributed by atoms with E-state index < -0.39 is 0 Å². The van der Waals surface area contributed by atoms with E-state index >= 15 is 0 Å². The molecule has 1 aromatic rings. The first-order valence-corrected chi connectivity index (χ1v) is 6.15. The second-order valence-corrected chi connectivity index (χ2v) is 3.98. The normalized spacial score (nSPS) is 10.8. The number of nitrogens with zero attached hydrogens (tertiary/aromatic N) is 1. The van der Waals surface area contributed by atoms with Crippen LogP contribution in [0.3, 0.4) is 0 Å². The Balaban J connectivity index is 2.36. The van der Waals surface area contributed by atoms with Crippen LogP contribution in [-0.2, 0) is 6.42 Å². The topological polar surface area (TPSA) is 12.5 Å². The van der Waals surface area contributed by atoms with Crippen LogP contribution < -0.4 is 4.74 Å². The molecule has 0 heterocycles. The first-order valence-electron chi connectivity index (χ1n) is 6.15. The quantitative estimate of drug-likeness (QED) is 0.702. The van der Waals surface area contributed by atoms with Gasteiger partial charge in [0.05, 0.1) is 7.11 Å². The molecule has 0 fully saturated rings. The Labute approximate surface area is 99.2 Å². The van der Waals surface area contributed by atoms with Gasteiger partial charge in [-0.25, -0.2) is 0 Å². The Morgan fingerprint density at radius 2 is 1.94 bits per heavy atom. The SMILES string of the molecule is CCN(CC)CCCc1cccc(OC)c1. The van der Waals surface area contributed by atoms with Gasteiger partial charge in [-0.2, -0.15) is 0 Å². The summed E-state index contributed by atoms with van der Waals surface area (Å²) in [6.07, 6.45) is 2.35. The lowest BCUT2D eigenvalue weighted by molar-refractivity contribution is 0.300. The maximum absolute atomic E-state index is 5.21. The van der Waals surface area contributed by atoms with E-state index in [1.165, 1.54) is 18.5 Å². The van der Waals surface area contributed by atoms with Crippen molar-refractivity contribution in [2.45, 2.75) is 26.7 Å². The molecule has 2 nitrogen and oxygen atoms in total. The molecule has 0 aliphatic rings. The molecule has 0 radical (unpaired) electrons. The molecule has 90 valence electrons. The second-order valence-electron chi connectivity index (χ2n) is 3.98. The van der Waals surface area contributed by atoms with Gasteiger partial charge in [0, 0.05) is 0 Å².